The van der Waals surface area contributed by atoms with Crippen molar-refractivity contribution in [1.29, 1.82) is 0 Å². The maximum Gasteiger partial charge on any atom is 0.141 e. The number of para-hydroxylation sites is 2. The van der Waals surface area contributed by atoms with Gasteiger partial charge in [-0.2, -0.15) is 0 Å². The number of hydrogen-bond acceptors (Lipinski definition) is 4. The summed E-state index contributed by atoms with van der Waals surface area (Å²) in [6.07, 6.45) is 1.46. The highest BCUT2D eigenvalue weighted by Gasteiger charge is 2.05. The summed E-state index contributed by atoms with van der Waals surface area (Å²) in [5.41, 5.74) is 0.908. The van der Waals surface area contributed by atoms with Crippen molar-refractivity contribution < 1.29 is 14.9 Å². The Kier molecular flexibility index (Phi) is 3.48. The summed E-state index contributed by atoms with van der Waals surface area (Å²) < 4.78 is 5.13. The average Bonchev–Trinajstić information content (AvgIpc) is 2.39. The molecule has 0 radical (unpaired) electrons. The number of aliphatic imine (C=N–C) groups is 1. The zero-order valence-electron chi connectivity index (χ0n) is 9.87. The number of aromatic hydroxyl groups is 2. The highest BCUT2D eigenvalue weighted by Crippen LogP contribution is 2.28. The number of nitrogens with zero attached hydrogens (tertiary/aromatic N) is 1. The molecule has 0 saturated carbocycles. The highest BCUT2D eigenvalue weighted by atomic mass is 16.5. The molecule has 0 spiro atoms. The minimum Gasteiger partial charge on any atom is -0.507 e. The molecule has 0 aliphatic rings. The number of ether oxygens (including phenoxy) is 1. The van der Waals surface area contributed by atoms with Crippen LogP contribution in [0.4, 0.5) is 5.69 Å². The summed E-state index contributed by atoms with van der Waals surface area (Å²) in [5, 5.41) is 19.3. The SMILES string of the molecule is COc1cccc(O)c1C=Nc1ccccc1O. The lowest BCUT2D eigenvalue weighted by Crippen LogP contribution is -1.90. The standard InChI is InChI=1S/C14H13NO3/c1-18-14-8-4-7-12(16)10(14)9-15-11-5-2-3-6-13(11)17/h2-9,16-17H,1H3. The average molecular weight is 243 g/mol. The fourth-order valence-corrected chi connectivity index (χ4v) is 1.55. The number of phenolic OH excluding ortho intramolecular Hbond substituents is 2. The van der Waals surface area contributed by atoms with Crippen molar-refractivity contribution in [2.24, 2.45) is 4.99 Å². The van der Waals surface area contributed by atoms with Crippen LogP contribution < -0.4 is 4.74 Å². The van der Waals surface area contributed by atoms with Crippen LogP contribution >= 0.6 is 0 Å². The molecule has 0 aromatic heterocycles. The minimum atomic E-state index is 0.0773. The zero-order chi connectivity index (χ0) is 13.0. The van der Waals surface area contributed by atoms with Gasteiger partial charge in [0.2, 0.25) is 0 Å². The van der Waals surface area contributed by atoms with E-state index in [-0.39, 0.29) is 11.5 Å². The first-order chi connectivity index (χ1) is 8.72. The van der Waals surface area contributed by atoms with Crippen molar-refractivity contribution in [2.75, 3.05) is 7.11 Å². The Bertz CT molecular complexity index is 579. The van der Waals surface area contributed by atoms with E-state index in [0.29, 0.717) is 17.0 Å². The van der Waals surface area contributed by atoms with Gasteiger partial charge in [-0.05, 0) is 24.3 Å². The molecule has 2 rings (SSSR count). The van der Waals surface area contributed by atoms with E-state index in [0.717, 1.165) is 0 Å². The first-order valence-electron chi connectivity index (χ1n) is 5.40. The smallest absolute Gasteiger partial charge is 0.141 e. The molecule has 0 saturated heterocycles. The van der Waals surface area contributed by atoms with Crippen molar-refractivity contribution in [3.05, 3.63) is 48.0 Å². The Labute approximate surface area is 105 Å². The molecule has 0 heterocycles. The van der Waals surface area contributed by atoms with Crippen molar-refractivity contribution in [3.63, 3.8) is 0 Å². The predicted molar refractivity (Wildman–Crippen MR) is 70.0 cm³/mol. The molecular weight excluding hydrogens is 230 g/mol. The van der Waals surface area contributed by atoms with Crippen molar-refractivity contribution in [1.82, 2.24) is 0 Å². The molecule has 0 bridgehead atoms. The predicted octanol–water partition coefficient (Wildman–Crippen LogP) is 2.86. The molecule has 2 N–H and O–H groups in total. The summed E-state index contributed by atoms with van der Waals surface area (Å²) in [5.74, 6) is 0.686. The summed E-state index contributed by atoms with van der Waals surface area (Å²) in [7, 11) is 1.52. The summed E-state index contributed by atoms with van der Waals surface area (Å²) in [6.45, 7) is 0. The molecule has 2 aromatic rings. The number of benzene rings is 2. The van der Waals surface area contributed by atoms with Gasteiger partial charge >= 0.3 is 0 Å². The summed E-state index contributed by atoms with van der Waals surface area (Å²) in [4.78, 5) is 4.13. The second kappa shape index (κ2) is 5.23. The van der Waals surface area contributed by atoms with Crippen LogP contribution in [-0.2, 0) is 0 Å². The topological polar surface area (TPSA) is 62.0 Å². The van der Waals surface area contributed by atoms with Gasteiger partial charge in [0.15, 0.2) is 0 Å². The molecule has 0 fully saturated rings. The zero-order valence-corrected chi connectivity index (χ0v) is 9.87. The molecule has 4 nitrogen and oxygen atoms in total. The molecule has 0 aliphatic heterocycles. The van der Waals surface area contributed by atoms with Crippen LogP contribution in [0.25, 0.3) is 0 Å². The van der Waals surface area contributed by atoms with Gasteiger partial charge < -0.3 is 14.9 Å². The van der Waals surface area contributed by atoms with E-state index in [2.05, 4.69) is 4.99 Å². The first kappa shape index (κ1) is 12.0. The van der Waals surface area contributed by atoms with E-state index >= 15 is 0 Å². The van der Waals surface area contributed by atoms with E-state index in [1.807, 2.05) is 0 Å². The van der Waals surface area contributed by atoms with E-state index in [4.69, 9.17) is 4.74 Å². The van der Waals surface area contributed by atoms with E-state index in [1.54, 1.807) is 42.5 Å². The first-order valence-corrected chi connectivity index (χ1v) is 5.40. The number of rotatable bonds is 3. The van der Waals surface area contributed by atoms with Gasteiger partial charge in [0, 0.05) is 6.21 Å². The second-order valence-electron chi connectivity index (χ2n) is 3.64. The highest BCUT2D eigenvalue weighted by molar-refractivity contribution is 5.89. The third-order valence-electron chi connectivity index (χ3n) is 2.48. The molecule has 0 aliphatic carbocycles. The van der Waals surface area contributed by atoms with Crippen LogP contribution in [0.15, 0.2) is 47.5 Å². The number of hydrogen-bond donors (Lipinski definition) is 2. The molecule has 18 heavy (non-hydrogen) atoms. The third kappa shape index (κ3) is 2.43. The van der Waals surface area contributed by atoms with Gasteiger partial charge in [0.25, 0.3) is 0 Å². The van der Waals surface area contributed by atoms with Crippen LogP contribution in [0.2, 0.25) is 0 Å². The summed E-state index contributed by atoms with van der Waals surface area (Å²) >= 11 is 0. The fourth-order valence-electron chi connectivity index (χ4n) is 1.55. The van der Waals surface area contributed by atoms with Gasteiger partial charge in [0.1, 0.15) is 22.9 Å². The molecule has 0 atom stereocenters. The van der Waals surface area contributed by atoms with E-state index in [9.17, 15) is 10.2 Å². The third-order valence-corrected chi connectivity index (χ3v) is 2.48. The van der Waals surface area contributed by atoms with Crippen LogP contribution in [0.5, 0.6) is 17.2 Å². The Balaban J connectivity index is 2.38. The quantitative estimate of drug-likeness (QED) is 0.815. The Morgan fingerprint density at radius 1 is 1.00 bits per heavy atom. The van der Waals surface area contributed by atoms with Gasteiger partial charge in [-0.15, -0.1) is 0 Å². The van der Waals surface area contributed by atoms with Gasteiger partial charge in [-0.25, -0.2) is 0 Å². The van der Waals surface area contributed by atoms with Crippen LogP contribution in [0, 0.1) is 0 Å². The van der Waals surface area contributed by atoms with Gasteiger partial charge in [-0.3, -0.25) is 4.99 Å². The Hall–Kier alpha value is -2.49. The monoisotopic (exact) mass is 243 g/mol. The molecule has 92 valence electrons. The van der Waals surface area contributed by atoms with E-state index < -0.39 is 0 Å². The van der Waals surface area contributed by atoms with Crippen LogP contribution in [0.1, 0.15) is 5.56 Å². The largest absolute Gasteiger partial charge is 0.507 e. The number of methoxy groups -OCH3 is 1. The second-order valence-corrected chi connectivity index (χ2v) is 3.64. The molecule has 4 heteroatoms. The molecule has 0 unspecified atom stereocenters. The molecular formula is C14H13NO3. The number of phenols is 2. The van der Waals surface area contributed by atoms with Crippen LogP contribution in [-0.4, -0.2) is 23.5 Å². The van der Waals surface area contributed by atoms with Crippen molar-refractivity contribution in [3.8, 4) is 17.2 Å². The van der Waals surface area contributed by atoms with Gasteiger partial charge in [-0.1, -0.05) is 18.2 Å². The molecule has 0 amide bonds. The van der Waals surface area contributed by atoms with Crippen LogP contribution in [0.3, 0.4) is 0 Å². The lowest BCUT2D eigenvalue weighted by atomic mass is 10.2. The van der Waals surface area contributed by atoms with Crippen molar-refractivity contribution >= 4 is 11.9 Å². The molecule has 2 aromatic carbocycles. The fraction of sp³-hybridized carbons (Fsp3) is 0.0714. The van der Waals surface area contributed by atoms with Gasteiger partial charge in [0.05, 0.1) is 12.7 Å². The Morgan fingerprint density at radius 2 is 1.72 bits per heavy atom. The lowest BCUT2D eigenvalue weighted by molar-refractivity contribution is 0.406. The van der Waals surface area contributed by atoms with E-state index in [1.165, 1.54) is 13.3 Å². The normalized spacial score (nSPS) is 10.7. The Morgan fingerprint density at radius 3 is 2.44 bits per heavy atom. The summed E-state index contributed by atoms with van der Waals surface area (Å²) in [6, 6.07) is 11.7. The maximum absolute atomic E-state index is 9.74. The lowest BCUT2D eigenvalue weighted by Gasteiger charge is -2.05. The van der Waals surface area contributed by atoms with Crippen molar-refractivity contribution in [2.45, 2.75) is 0 Å². The maximum atomic E-state index is 9.74. The minimum absolute atomic E-state index is 0.0773.